The zero-order valence-corrected chi connectivity index (χ0v) is 14.4. The van der Waals surface area contributed by atoms with Crippen LogP contribution in [0.1, 0.15) is 24.2 Å². The zero-order valence-electron chi connectivity index (χ0n) is 14.4. The number of hydrogen-bond acceptors (Lipinski definition) is 3. The van der Waals surface area contributed by atoms with Crippen molar-refractivity contribution in [3.05, 3.63) is 47.7 Å². The summed E-state index contributed by atoms with van der Waals surface area (Å²) in [6.45, 7) is 3.55. The molecule has 0 saturated carbocycles. The lowest BCUT2D eigenvalue weighted by Crippen LogP contribution is -2.53. The molecular formula is C18H24N4O2. The molecular weight excluding hydrogens is 304 g/mol. The van der Waals surface area contributed by atoms with Gasteiger partial charge in [-0.3, -0.25) is 10.00 Å². The van der Waals surface area contributed by atoms with Crippen molar-refractivity contribution in [1.82, 2.24) is 14.7 Å². The Morgan fingerprint density at radius 2 is 2.12 bits per heavy atom. The molecule has 1 fully saturated rings. The molecule has 1 saturated heterocycles. The summed E-state index contributed by atoms with van der Waals surface area (Å²) in [6.07, 6.45) is 0.730. The van der Waals surface area contributed by atoms with Crippen molar-refractivity contribution in [3.63, 3.8) is 0 Å². The highest BCUT2D eigenvalue weighted by atomic mass is 16.5. The van der Waals surface area contributed by atoms with Crippen LogP contribution in [-0.4, -0.2) is 41.0 Å². The lowest BCUT2D eigenvalue weighted by molar-refractivity contribution is 0.0670. The maximum atomic E-state index is 12.6. The molecule has 2 amide bonds. The van der Waals surface area contributed by atoms with E-state index in [2.05, 4.69) is 29.5 Å². The van der Waals surface area contributed by atoms with Crippen LogP contribution >= 0.6 is 0 Å². The van der Waals surface area contributed by atoms with Gasteiger partial charge in [-0.1, -0.05) is 37.3 Å². The van der Waals surface area contributed by atoms with Crippen LogP contribution in [0.5, 0.6) is 0 Å². The first kappa shape index (κ1) is 16.5. The Bertz CT molecular complexity index is 698. The average molecular weight is 328 g/mol. The van der Waals surface area contributed by atoms with E-state index in [9.17, 15) is 4.79 Å². The van der Waals surface area contributed by atoms with Gasteiger partial charge in [-0.2, -0.15) is 5.10 Å². The molecule has 0 spiro atoms. The highest BCUT2D eigenvalue weighted by Crippen LogP contribution is 2.38. The minimum atomic E-state index is -0.0803. The van der Waals surface area contributed by atoms with Gasteiger partial charge in [0.1, 0.15) is 5.82 Å². The van der Waals surface area contributed by atoms with Gasteiger partial charge in [0, 0.05) is 33.2 Å². The number of carbonyl (C=O) groups excluding carboxylic acids is 1. The molecule has 0 unspecified atom stereocenters. The summed E-state index contributed by atoms with van der Waals surface area (Å²) in [4.78, 5) is 14.5. The molecule has 128 valence electrons. The third kappa shape index (κ3) is 3.28. The standard InChI is InChI=1S/C18H24N4O2/c1-13-12-22(17(13)14-7-5-4-6-8-14)18(23)19-16-11-15(9-10-24-3)20-21(16)2/h4-8,11,13,17H,9-10,12H2,1-3H3,(H,19,23)/t13-,17+/m1/s1. The van der Waals surface area contributed by atoms with Gasteiger partial charge in [-0.25, -0.2) is 4.79 Å². The number of ether oxygens (including phenoxy) is 1. The number of likely N-dealkylation sites (tertiary alicyclic amines) is 1. The largest absolute Gasteiger partial charge is 0.384 e. The van der Waals surface area contributed by atoms with Crippen LogP contribution < -0.4 is 5.32 Å². The molecule has 2 aromatic rings. The lowest BCUT2D eigenvalue weighted by Gasteiger charge is -2.46. The summed E-state index contributed by atoms with van der Waals surface area (Å²) in [5, 5.41) is 7.38. The summed E-state index contributed by atoms with van der Waals surface area (Å²) in [5.74, 6) is 1.17. The van der Waals surface area contributed by atoms with Crippen molar-refractivity contribution in [2.75, 3.05) is 25.6 Å². The molecule has 6 nitrogen and oxygen atoms in total. The van der Waals surface area contributed by atoms with Crippen LogP contribution in [0, 0.1) is 5.92 Å². The van der Waals surface area contributed by atoms with Crippen molar-refractivity contribution < 1.29 is 9.53 Å². The Labute approximate surface area is 142 Å². The number of nitrogens with one attached hydrogen (secondary N) is 1. The minimum Gasteiger partial charge on any atom is -0.384 e. The Kier molecular flexibility index (Phi) is 4.85. The molecule has 1 aromatic carbocycles. The molecule has 0 bridgehead atoms. The van der Waals surface area contributed by atoms with Gasteiger partial charge in [0.25, 0.3) is 0 Å². The first-order chi connectivity index (χ1) is 11.6. The van der Waals surface area contributed by atoms with Crippen LogP contribution in [0.2, 0.25) is 0 Å². The van der Waals surface area contributed by atoms with Crippen LogP contribution in [0.15, 0.2) is 36.4 Å². The number of methoxy groups -OCH3 is 1. The molecule has 24 heavy (non-hydrogen) atoms. The number of hydrogen-bond donors (Lipinski definition) is 1. The fourth-order valence-corrected chi connectivity index (χ4v) is 3.21. The van der Waals surface area contributed by atoms with Gasteiger partial charge in [0.05, 0.1) is 18.3 Å². The Morgan fingerprint density at radius 3 is 2.79 bits per heavy atom. The van der Waals surface area contributed by atoms with Crippen molar-refractivity contribution in [1.29, 1.82) is 0 Å². The van der Waals surface area contributed by atoms with E-state index < -0.39 is 0 Å². The molecule has 1 aromatic heterocycles. The second-order valence-electron chi connectivity index (χ2n) is 6.30. The first-order valence-corrected chi connectivity index (χ1v) is 8.24. The van der Waals surface area contributed by atoms with E-state index in [0.29, 0.717) is 18.3 Å². The van der Waals surface area contributed by atoms with E-state index in [4.69, 9.17) is 4.74 Å². The summed E-state index contributed by atoms with van der Waals surface area (Å²) in [6, 6.07) is 12.1. The number of rotatable bonds is 5. The molecule has 0 aliphatic carbocycles. The fourth-order valence-electron chi connectivity index (χ4n) is 3.21. The third-order valence-electron chi connectivity index (χ3n) is 4.49. The number of aryl methyl sites for hydroxylation is 1. The Balaban J connectivity index is 1.68. The van der Waals surface area contributed by atoms with Crippen molar-refractivity contribution in [2.45, 2.75) is 19.4 Å². The first-order valence-electron chi connectivity index (χ1n) is 8.24. The van der Waals surface area contributed by atoms with Crippen molar-refractivity contribution >= 4 is 11.8 Å². The smallest absolute Gasteiger partial charge is 0.323 e. The summed E-state index contributed by atoms with van der Waals surface area (Å²) >= 11 is 0. The zero-order chi connectivity index (χ0) is 17.1. The molecule has 1 N–H and O–H groups in total. The van der Waals surface area contributed by atoms with E-state index in [1.165, 1.54) is 5.56 Å². The minimum absolute atomic E-state index is 0.0803. The monoisotopic (exact) mass is 328 g/mol. The summed E-state index contributed by atoms with van der Waals surface area (Å²) < 4.78 is 6.77. The van der Waals surface area contributed by atoms with E-state index in [-0.39, 0.29) is 12.1 Å². The van der Waals surface area contributed by atoms with Gasteiger partial charge in [-0.15, -0.1) is 0 Å². The van der Waals surface area contributed by atoms with Crippen molar-refractivity contribution in [2.24, 2.45) is 13.0 Å². The maximum Gasteiger partial charge on any atom is 0.323 e. The molecule has 2 heterocycles. The van der Waals surface area contributed by atoms with Crippen LogP contribution in [0.4, 0.5) is 10.6 Å². The molecule has 0 radical (unpaired) electrons. The quantitative estimate of drug-likeness (QED) is 0.918. The number of aromatic nitrogens is 2. The number of benzene rings is 1. The summed E-state index contributed by atoms with van der Waals surface area (Å²) in [5.41, 5.74) is 2.09. The predicted molar refractivity (Wildman–Crippen MR) is 92.9 cm³/mol. The number of nitrogens with zero attached hydrogens (tertiary/aromatic N) is 3. The van der Waals surface area contributed by atoms with Gasteiger partial charge >= 0.3 is 6.03 Å². The van der Waals surface area contributed by atoms with Crippen LogP contribution in [0.3, 0.4) is 0 Å². The molecule has 6 heteroatoms. The predicted octanol–water partition coefficient (Wildman–Crippen LogP) is 2.83. The second kappa shape index (κ2) is 7.05. The average Bonchev–Trinajstić information content (AvgIpc) is 2.91. The Hall–Kier alpha value is -2.34. The SMILES string of the molecule is COCCc1cc(NC(=O)N2C[C@@H](C)[C@H]2c2ccccc2)n(C)n1. The molecule has 3 rings (SSSR count). The van der Waals surface area contributed by atoms with Crippen LogP contribution in [0.25, 0.3) is 0 Å². The van der Waals surface area contributed by atoms with Crippen LogP contribution in [-0.2, 0) is 18.2 Å². The summed E-state index contributed by atoms with van der Waals surface area (Å²) in [7, 11) is 3.50. The lowest BCUT2D eigenvalue weighted by atomic mass is 9.85. The van der Waals surface area contributed by atoms with Gasteiger partial charge in [-0.05, 0) is 11.5 Å². The topological polar surface area (TPSA) is 59.4 Å². The number of anilines is 1. The number of urea groups is 1. The number of carbonyl (C=O) groups is 1. The third-order valence-corrected chi connectivity index (χ3v) is 4.49. The van der Waals surface area contributed by atoms with Gasteiger partial charge in [0.15, 0.2) is 0 Å². The van der Waals surface area contributed by atoms with E-state index in [1.54, 1.807) is 11.8 Å². The van der Waals surface area contributed by atoms with Gasteiger partial charge < -0.3 is 9.64 Å². The highest BCUT2D eigenvalue weighted by molar-refractivity contribution is 5.89. The number of amides is 2. The molecule has 1 aliphatic heterocycles. The molecule has 2 atom stereocenters. The van der Waals surface area contributed by atoms with Crippen molar-refractivity contribution in [3.8, 4) is 0 Å². The van der Waals surface area contributed by atoms with E-state index >= 15 is 0 Å². The second-order valence-corrected chi connectivity index (χ2v) is 6.30. The van der Waals surface area contributed by atoms with Gasteiger partial charge in [0.2, 0.25) is 0 Å². The Morgan fingerprint density at radius 1 is 1.38 bits per heavy atom. The van der Waals surface area contributed by atoms with E-state index in [0.717, 1.165) is 18.7 Å². The fraction of sp³-hybridized carbons (Fsp3) is 0.444. The van der Waals surface area contributed by atoms with E-state index in [1.807, 2.05) is 36.2 Å². The molecule has 1 aliphatic rings. The maximum absolute atomic E-state index is 12.6. The highest BCUT2D eigenvalue weighted by Gasteiger charge is 2.40. The normalized spacial score (nSPS) is 19.9.